The highest BCUT2D eigenvalue weighted by molar-refractivity contribution is 7.91. The van der Waals surface area contributed by atoms with Crippen molar-refractivity contribution in [1.29, 1.82) is 5.26 Å². The van der Waals surface area contributed by atoms with Gasteiger partial charge in [0.2, 0.25) is 0 Å². The number of fused-ring (bicyclic) bond motifs is 1. The van der Waals surface area contributed by atoms with E-state index in [0.717, 1.165) is 12.8 Å². The average molecular weight is 277 g/mol. The van der Waals surface area contributed by atoms with Gasteiger partial charge in [-0.2, -0.15) is 5.26 Å². The number of nitriles is 1. The number of aryl methyl sites for hydroxylation is 1. The Morgan fingerprint density at radius 1 is 1.32 bits per heavy atom. The minimum Gasteiger partial charge on any atom is -0.229 e. The summed E-state index contributed by atoms with van der Waals surface area (Å²) in [5.41, 5.74) is 1.99. The molecule has 102 valence electrons. The first-order valence-electron chi connectivity index (χ1n) is 6.69. The summed E-state index contributed by atoms with van der Waals surface area (Å²) in [7, 11) is -3.00. The van der Waals surface area contributed by atoms with Crippen LogP contribution in [0.1, 0.15) is 30.9 Å². The smallest absolute Gasteiger partial charge is 0.150 e. The first kappa shape index (κ1) is 14.1. The van der Waals surface area contributed by atoms with E-state index < -0.39 is 15.3 Å². The highest BCUT2D eigenvalue weighted by Gasteiger charge is 2.35. The summed E-state index contributed by atoms with van der Waals surface area (Å²) in [4.78, 5) is 0. The van der Waals surface area contributed by atoms with Crippen LogP contribution in [-0.4, -0.2) is 19.9 Å². The quantitative estimate of drug-likeness (QED) is 0.849. The molecule has 0 saturated heterocycles. The van der Waals surface area contributed by atoms with E-state index in [4.69, 9.17) is 0 Å². The van der Waals surface area contributed by atoms with Gasteiger partial charge in [-0.05, 0) is 36.8 Å². The molecule has 1 aromatic rings. The van der Waals surface area contributed by atoms with Crippen molar-refractivity contribution < 1.29 is 8.42 Å². The first-order chi connectivity index (χ1) is 9.00. The molecule has 0 aliphatic heterocycles. The summed E-state index contributed by atoms with van der Waals surface area (Å²) in [6, 6.07) is 10.5. The molecule has 0 heterocycles. The van der Waals surface area contributed by atoms with Gasteiger partial charge in [0.25, 0.3) is 0 Å². The lowest BCUT2D eigenvalue weighted by Crippen LogP contribution is -2.30. The largest absolute Gasteiger partial charge is 0.229 e. The number of hydrogen-bond donors (Lipinski definition) is 0. The molecule has 0 spiro atoms. The molecular formula is C15H19NO2S. The topological polar surface area (TPSA) is 57.9 Å². The predicted molar refractivity (Wildman–Crippen MR) is 75.5 cm³/mol. The molecular weight excluding hydrogens is 258 g/mol. The molecule has 0 aromatic heterocycles. The first-order valence-corrected chi connectivity index (χ1v) is 8.51. The molecule has 19 heavy (non-hydrogen) atoms. The van der Waals surface area contributed by atoms with E-state index in [1.165, 1.54) is 11.1 Å². The SMILES string of the molecule is CCS(=O)(=O)CCC1(C#N)CCc2ccccc2C1. The number of rotatable bonds is 4. The van der Waals surface area contributed by atoms with Gasteiger partial charge >= 0.3 is 0 Å². The summed E-state index contributed by atoms with van der Waals surface area (Å²) in [5.74, 6) is 0.282. The molecule has 1 atom stereocenters. The highest BCUT2D eigenvalue weighted by Crippen LogP contribution is 2.38. The standard InChI is InChI=1S/C15H19NO2S/c1-2-19(17,18)10-9-15(12-16)8-7-13-5-3-4-6-14(13)11-15/h3-6H,2,7-11H2,1H3. The molecule has 0 bridgehead atoms. The average Bonchev–Trinajstić information content (AvgIpc) is 2.45. The monoisotopic (exact) mass is 277 g/mol. The summed E-state index contributed by atoms with van der Waals surface area (Å²) < 4.78 is 23.3. The maximum Gasteiger partial charge on any atom is 0.150 e. The van der Waals surface area contributed by atoms with E-state index in [1.807, 2.05) is 12.1 Å². The van der Waals surface area contributed by atoms with E-state index in [0.29, 0.717) is 12.8 Å². The summed E-state index contributed by atoms with van der Waals surface area (Å²) in [5, 5.41) is 9.49. The van der Waals surface area contributed by atoms with E-state index in [9.17, 15) is 13.7 Å². The van der Waals surface area contributed by atoms with Gasteiger partial charge in [0.15, 0.2) is 0 Å². The molecule has 1 aliphatic rings. The third-order valence-corrected chi connectivity index (χ3v) is 5.79. The molecule has 0 amide bonds. The maximum absolute atomic E-state index is 11.6. The highest BCUT2D eigenvalue weighted by atomic mass is 32.2. The minimum absolute atomic E-state index is 0.124. The van der Waals surface area contributed by atoms with Crippen molar-refractivity contribution in [3.63, 3.8) is 0 Å². The fourth-order valence-electron chi connectivity index (χ4n) is 2.66. The molecule has 0 fully saturated rings. The van der Waals surface area contributed by atoms with Gasteiger partial charge in [-0.25, -0.2) is 8.42 Å². The van der Waals surface area contributed by atoms with Gasteiger partial charge in [-0.3, -0.25) is 0 Å². The van der Waals surface area contributed by atoms with Crippen LogP contribution >= 0.6 is 0 Å². The lowest BCUT2D eigenvalue weighted by molar-refractivity contribution is 0.330. The van der Waals surface area contributed by atoms with Gasteiger partial charge in [-0.15, -0.1) is 0 Å². The fourth-order valence-corrected chi connectivity index (χ4v) is 3.65. The maximum atomic E-state index is 11.6. The van der Waals surface area contributed by atoms with Gasteiger partial charge in [0.05, 0.1) is 17.2 Å². The van der Waals surface area contributed by atoms with Crippen LogP contribution in [0.25, 0.3) is 0 Å². The number of hydrogen-bond acceptors (Lipinski definition) is 3. The Morgan fingerprint density at radius 2 is 2.00 bits per heavy atom. The predicted octanol–water partition coefficient (Wildman–Crippen LogP) is 2.51. The summed E-state index contributed by atoms with van der Waals surface area (Å²) >= 11 is 0. The number of benzene rings is 1. The van der Waals surface area contributed by atoms with Crippen LogP contribution in [0.5, 0.6) is 0 Å². The molecule has 1 unspecified atom stereocenters. The summed E-state index contributed by atoms with van der Waals surface area (Å²) in [6.07, 6.45) is 2.77. The lowest BCUT2D eigenvalue weighted by atomic mass is 9.71. The van der Waals surface area contributed by atoms with Crippen molar-refractivity contribution in [1.82, 2.24) is 0 Å². The van der Waals surface area contributed by atoms with Crippen LogP contribution in [0.4, 0.5) is 0 Å². The lowest BCUT2D eigenvalue weighted by Gasteiger charge is -2.32. The Hall–Kier alpha value is -1.34. The molecule has 0 N–H and O–H groups in total. The summed E-state index contributed by atoms with van der Waals surface area (Å²) in [6.45, 7) is 1.66. The molecule has 4 heteroatoms. The molecule has 0 radical (unpaired) electrons. The molecule has 2 rings (SSSR count). The van der Waals surface area contributed by atoms with E-state index >= 15 is 0 Å². The van der Waals surface area contributed by atoms with E-state index in [1.54, 1.807) is 6.92 Å². The Morgan fingerprint density at radius 3 is 2.63 bits per heavy atom. The van der Waals surface area contributed by atoms with Crippen molar-refractivity contribution in [3.8, 4) is 6.07 Å². The minimum atomic E-state index is -3.00. The number of nitrogens with zero attached hydrogens (tertiary/aromatic N) is 1. The molecule has 0 saturated carbocycles. The Labute approximate surface area is 115 Å². The van der Waals surface area contributed by atoms with Crippen molar-refractivity contribution in [2.24, 2.45) is 5.41 Å². The van der Waals surface area contributed by atoms with E-state index in [2.05, 4.69) is 18.2 Å². The zero-order valence-corrected chi connectivity index (χ0v) is 12.0. The second kappa shape index (κ2) is 5.34. The van der Waals surface area contributed by atoms with E-state index in [-0.39, 0.29) is 11.5 Å². The van der Waals surface area contributed by atoms with Gasteiger partial charge < -0.3 is 0 Å². The second-order valence-electron chi connectivity index (χ2n) is 5.32. The zero-order chi connectivity index (χ0) is 13.9. The third kappa shape index (κ3) is 3.16. The Bertz CT molecular complexity index is 601. The van der Waals surface area contributed by atoms with Gasteiger partial charge in [0.1, 0.15) is 9.84 Å². The van der Waals surface area contributed by atoms with Crippen LogP contribution in [0.2, 0.25) is 0 Å². The molecule has 1 aliphatic carbocycles. The van der Waals surface area contributed by atoms with Crippen LogP contribution < -0.4 is 0 Å². The van der Waals surface area contributed by atoms with Crippen LogP contribution in [0, 0.1) is 16.7 Å². The van der Waals surface area contributed by atoms with Crippen molar-refractivity contribution >= 4 is 9.84 Å². The van der Waals surface area contributed by atoms with Crippen molar-refractivity contribution in [2.75, 3.05) is 11.5 Å². The zero-order valence-electron chi connectivity index (χ0n) is 11.2. The molecule has 1 aromatic carbocycles. The third-order valence-electron chi connectivity index (χ3n) is 4.09. The van der Waals surface area contributed by atoms with Gasteiger partial charge in [0, 0.05) is 5.75 Å². The Kier molecular flexibility index (Phi) is 3.96. The molecule has 3 nitrogen and oxygen atoms in total. The van der Waals surface area contributed by atoms with Crippen molar-refractivity contribution in [2.45, 2.75) is 32.6 Å². The second-order valence-corrected chi connectivity index (χ2v) is 7.80. The number of sulfone groups is 1. The fraction of sp³-hybridized carbons (Fsp3) is 0.533. The van der Waals surface area contributed by atoms with Crippen molar-refractivity contribution in [3.05, 3.63) is 35.4 Å². The Balaban J connectivity index is 2.16. The van der Waals surface area contributed by atoms with Gasteiger partial charge in [-0.1, -0.05) is 31.2 Å². The van der Waals surface area contributed by atoms with Crippen LogP contribution in [0.15, 0.2) is 24.3 Å². The van der Waals surface area contributed by atoms with Crippen LogP contribution in [0.3, 0.4) is 0 Å². The normalized spacial score (nSPS) is 22.5. The van der Waals surface area contributed by atoms with Crippen LogP contribution in [-0.2, 0) is 22.7 Å².